The quantitative estimate of drug-likeness (QED) is 0.588. The van der Waals surface area contributed by atoms with Crippen molar-refractivity contribution >= 4 is 77.8 Å². The summed E-state index contributed by atoms with van der Waals surface area (Å²) in [6.45, 7) is 0. The topological polar surface area (TPSA) is 121 Å². The third kappa shape index (κ3) is 4.17. The van der Waals surface area contributed by atoms with E-state index in [0.717, 1.165) is 8.42 Å². The van der Waals surface area contributed by atoms with Crippen LogP contribution < -0.4 is 9.80 Å². The first-order chi connectivity index (χ1) is 12.6. The second-order valence-corrected chi connectivity index (χ2v) is 12.8. The van der Waals surface area contributed by atoms with E-state index in [1.54, 1.807) is 23.6 Å². The van der Waals surface area contributed by atoms with E-state index < -0.39 is 37.4 Å². The van der Waals surface area contributed by atoms with Gasteiger partial charge in [0.25, 0.3) is 0 Å². The first kappa shape index (κ1) is 19.6. The van der Waals surface area contributed by atoms with Gasteiger partial charge in [0.2, 0.25) is 0 Å². The largest absolute Gasteiger partial charge is 0.747 e. The highest BCUT2D eigenvalue weighted by Gasteiger charge is 2.34. The van der Waals surface area contributed by atoms with E-state index >= 15 is 0 Å². The molecule has 0 saturated heterocycles. The molecule has 146 valence electrons. The van der Waals surface area contributed by atoms with E-state index in [4.69, 9.17) is 0 Å². The van der Waals surface area contributed by atoms with E-state index in [1.165, 1.54) is 56.0 Å². The predicted octanol–water partition coefficient (Wildman–Crippen LogP) is 2.51. The molecule has 2 aliphatic heterocycles. The zero-order chi connectivity index (χ0) is 19.4. The van der Waals surface area contributed by atoms with Gasteiger partial charge in [0, 0.05) is 0 Å². The number of hydrogen-bond donors (Lipinski definition) is 0. The maximum Gasteiger partial charge on any atom is 0.114 e. The Morgan fingerprint density at radius 1 is 0.963 bits per heavy atom. The molecule has 0 aliphatic carbocycles. The molecule has 0 fully saturated rings. The van der Waals surface area contributed by atoms with Crippen molar-refractivity contribution in [1.29, 1.82) is 0 Å². The van der Waals surface area contributed by atoms with Gasteiger partial charge in [-0.25, -0.2) is 16.8 Å². The first-order valence-electron chi connectivity index (χ1n) is 7.23. The van der Waals surface area contributed by atoms with E-state index in [9.17, 15) is 25.9 Å². The van der Waals surface area contributed by atoms with E-state index in [1.807, 2.05) is 5.38 Å². The molecule has 1 unspecified atom stereocenters. The summed E-state index contributed by atoms with van der Waals surface area (Å²) < 4.78 is 69.7. The number of fused-ring (bicyclic) bond motifs is 2. The average Bonchev–Trinajstić information content (AvgIpc) is 3.24. The van der Waals surface area contributed by atoms with Crippen LogP contribution in [0.2, 0.25) is 0 Å². The minimum absolute atomic E-state index is 0.496. The lowest BCUT2D eigenvalue weighted by Crippen LogP contribution is -2.34. The van der Waals surface area contributed by atoms with Gasteiger partial charge in [-0.15, -0.1) is 22.7 Å². The highest BCUT2D eigenvalue weighted by Crippen LogP contribution is 2.52. The Morgan fingerprint density at radius 3 is 2.26 bits per heavy atom. The van der Waals surface area contributed by atoms with Crippen LogP contribution in [-0.2, 0) is 20.2 Å². The summed E-state index contributed by atoms with van der Waals surface area (Å²) in [5, 5.41) is 3.64. The summed E-state index contributed by atoms with van der Waals surface area (Å²) in [6.07, 6.45) is 1.70. The van der Waals surface area contributed by atoms with Crippen LogP contribution >= 0.6 is 46.2 Å². The van der Waals surface area contributed by atoms with Crippen LogP contribution in [0.3, 0.4) is 0 Å². The fourth-order valence-electron chi connectivity index (χ4n) is 2.71. The molecule has 4 rings (SSSR count). The molecule has 0 aromatic carbocycles. The van der Waals surface area contributed by atoms with Crippen molar-refractivity contribution in [1.82, 2.24) is 0 Å². The minimum Gasteiger partial charge on any atom is -0.747 e. The lowest BCUT2D eigenvalue weighted by atomic mass is 10.4. The van der Waals surface area contributed by atoms with Gasteiger partial charge in [-0.1, -0.05) is 23.5 Å². The number of rotatable bonds is 5. The summed E-state index contributed by atoms with van der Waals surface area (Å²) >= 11 is 5.56. The van der Waals surface area contributed by atoms with Gasteiger partial charge in [0.15, 0.2) is 0 Å². The van der Waals surface area contributed by atoms with Gasteiger partial charge < -0.3 is 18.9 Å². The molecule has 27 heavy (non-hydrogen) atoms. The number of hydrogen-bond acceptors (Lipinski definition) is 12. The van der Waals surface area contributed by atoms with Crippen molar-refractivity contribution < 1.29 is 25.9 Å². The maximum atomic E-state index is 11.3. The molecule has 14 heteroatoms. The summed E-state index contributed by atoms with van der Waals surface area (Å²) in [4.78, 5) is 2.89. The minimum atomic E-state index is -4.52. The Labute approximate surface area is 172 Å². The van der Waals surface area contributed by atoms with Crippen LogP contribution in [0.25, 0.3) is 0 Å². The van der Waals surface area contributed by atoms with Crippen molar-refractivity contribution in [3.63, 3.8) is 0 Å². The second kappa shape index (κ2) is 6.95. The van der Waals surface area contributed by atoms with Gasteiger partial charge in [0.1, 0.15) is 37.4 Å². The Morgan fingerprint density at radius 2 is 1.59 bits per heavy atom. The Hall–Kier alpha value is -0.740. The molecule has 2 aliphatic rings. The third-order valence-electron chi connectivity index (χ3n) is 3.69. The molecule has 0 saturated carbocycles. The zero-order valence-corrected chi connectivity index (χ0v) is 18.1. The molecule has 0 radical (unpaired) electrons. The first-order valence-corrected chi connectivity index (χ1v) is 13.8. The fourth-order valence-corrected chi connectivity index (χ4v) is 8.73. The van der Waals surface area contributed by atoms with Crippen LogP contribution in [0.15, 0.2) is 42.4 Å². The Kier molecular flexibility index (Phi) is 5.04. The molecule has 1 atom stereocenters. The van der Waals surface area contributed by atoms with Gasteiger partial charge in [-0.2, -0.15) is 0 Å². The summed E-state index contributed by atoms with van der Waals surface area (Å²) in [7, 11) is -9.02. The monoisotopic (exact) mass is 482 g/mol. The van der Waals surface area contributed by atoms with Crippen LogP contribution in [0.1, 0.15) is 0 Å². The van der Waals surface area contributed by atoms with E-state index in [-0.39, 0.29) is 0 Å². The lowest BCUT2D eigenvalue weighted by Gasteiger charge is -2.27. The van der Waals surface area contributed by atoms with Crippen molar-refractivity contribution in [3.05, 3.63) is 34.0 Å². The van der Waals surface area contributed by atoms with Crippen LogP contribution in [0, 0.1) is 0 Å². The predicted molar refractivity (Wildman–Crippen MR) is 106 cm³/mol. The van der Waals surface area contributed by atoms with Crippen LogP contribution in [0.4, 0.5) is 11.4 Å². The fraction of sp³-hybridized carbons (Fsp3) is 0.231. The molecule has 2 aromatic heterocycles. The van der Waals surface area contributed by atoms with Crippen molar-refractivity contribution in [2.24, 2.45) is 0 Å². The molecule has 0 bridgehead atoms. The molecule has 4 heterocycles. The number of thiophene rings is 2. The Bertz CT molecular complexity index is 1120. The van der Waals surface area contributed by atoms with Gasteiger partial charge in [-0.05, 0) is 29.0 Å². The van der Waals surface area contributed by atoms with Crippen molar-refractivity contribution in [2.45, 2.75) is 13.8 Å². The molecule has 0 spiro atoms. The average molecular weight is 483 g/mol. The normalized spacial score (nSPS) is 21.1. The zero-order valence-electron chi connectivity index (χ0n) is 13.2. The molecule has 0 amide bonds. The smallest absolute Gasteiger partial charge is 0.114 e. The van der Waals surface area contributed by atoms with Crippen LogP contribution in [0.5, 0.6) is 0 Å². The van der Waals surface area contributed by atoms with Crippen molar-refractivity contribution in [2.75, 3.05) is 21.6 Å². The highest BCUT2D eigenvalue weighted by molar-refractivity contribution is 8.05. The Balaban J connectivity index is 1.69. The van der Waals surface area contributed by atoms with E-state index in [2.05, 4.69) is 0 Å². The third-order valence-corrected chi connectivity index (χ3v) is 9.38. The molecule has 8 nitrogen and oxygen atoms in total. The summed E-state index contributed by atoms with van der Waals surface area (Å²) in [5.41, 5.74) is 1.29. The van der Waals surface area contributed by atoms with Crippen molar-refractivity contribution in [3.8, 4) is 0 Å². The second-order valence-electron chi connectivity index (χ2n) is 5.57. The van der Waals surface area contributed by atoms with Crippen LogP contribution in [-0.4, -0.2) is 43.1 Å². The van der Waals surface area contributed by atoms with E-state index in [0.29, 0.717) is 16.4 Å². The molecule has 0 N–H and O–H groups in total. The lowest BCUT2D eigenvalue weighted by molar-refractivity contribution is 0.460. The maximum absolute atomic E-state index is 11.3. The number of thioether (sulfide) groups is 2. The highest BCUT2D eigenvalue weighted by atomic mass is 32.2. The van der Waals surface area contributed by atoms with Gasteiger partial charge in [0.05, 0.1) is 24.8 Å². The van der Waals surface area contributed by atoms with Gasteiger partial charge in [-0.3, -0.25) is 0 Å². The standard InChI is InChI=1S/C13H12N2O6S6/c16-26(17,18)6-14-8-1-3-22-12(8)24-10(14)5-11-15(7-27(19,20)21)9-2-4-23-13(9)25-11/h1-5,10H,6-7H2,(H,16,17,18)(H,19,20,21)/p-2. The number of nitrogens with zero attached hydrogens (tertiary/aromatic N) is 2. The summed E-state index contributed by atoms with van der Waals surface area (Å²) in [5.74, 6) is -1.40. The molecular weight excluding hydrogens is 473 g/mol. The number of anilines is 2. The summed E-state index contributed by atoms with van der Waals surface area (Å²) in [6, 6.07) is 3.48. The van der Waals surface area contributed by atoms with Gasteiger partial charge >= 0.3 is 0 Å². The SMILES string of the molecule is O=S(=O)([O-])CN1C(=CC2Sc3sccc3N2CS(=O)(=O)[O-])Sc2sccc21. The molecular formula is C13H10N2O6S6-2. The molecule has 2 aromatic rings.